The van der Waals surface area contributed by atoms with Crippen LogP contribution in [0.3, 0.4) is 0 Å². The Morgan fingerprint density at radius 2 is 2.16 bits per heavy atom. The first-order valence-electron chi connectivity index (χ1n) is 5.83. The van der Waals surface area contributed by atoms with Gasteiger partial charge in [-0.2, -0.15) is 0 Å². The van der Waals surface area contributed by atoms with E-state index in [-0.39, 0.29) is 0 Å². The highest BCUT2D eigenvalue weighted by molar-refractivity contribution is 9.10. The first-order valence-corrected chi connectivity index (χ1v) is 7.00. The quantitative estimate of drug-likeness (QED) is 0.864. The first kappa shape index (κ1) is 14.3. The van der Waals surface area contributed by atoms with Crippen LogP contribution >= 0.6 is 27.5 Å². The largest absolute Gasteiger partial charge is 0.406 e. The van der Waals surface area contributed by atoms with Gasteiger partial charge in [0.1, 0.15) is 0 Å². The van der Waals surface area contributed by atoms with Gasteiger partial charge in [-0.05, 0) is 28.1 Å². The predicted octanol–water partition coefficient (Wildman–Crippen LogP) is 3.73. The van der Waals surface area contributed by atoms with Crippen molar-refractivity contribution >= 4 is 39.2 Å². The molecule has 5 nitrogen and oxygen atoms in total. The Hall–Kier alpha value is -1.11. The van der Waals surface area contributed by atoms with Crippen LogP contribution in [-0.4, -0.2) is 16.2 Å². The van der Waals surface area contributed by atoms with E-state index in [1.165, 1.54) is 0 Å². The van der Waals surface area contributed by atoms with Crippen molar-refractivity contribution in [2.75, 3.05) is 5.32 Å². The lowest BCUT2D eigenvalue weighted by Crippen LogP contribution is -2.21. The fraction of sp³-hybridized carbons (Fsp3) is 0.333. The molecule has 0 radical (unpaired) electrons. The van der Waals surface area contributed by atoms with Crippen molar-refractivity contribution in [1.29, 1.82) is 0 Å². The van der Waals surface area contributed by atoms with Crippen molar-refractivity contribution in [1.82, 2.24) is 15.5 Å². The summed E-state index contributed by atoms with van der Waals surface area (Å²) in [4.78, 5) is 0. The highest BCUT2D eigenvalue weighted by Crippen LogP contribution is 2.31. The SMILES string of the molecule is CC(C)NCc1nnc(Nc2cccc(Cl)c2Br)o1. The summed E-state index contributed by atoms with van der Waals surface area (Å²) in [5.74, 6) is 0.536. The molecule has 2 aromatic rings. The van der Waals surface area contributed by atoms with Gasteiger partial charge in [-0.25, -0.2) is 0 Å². The maximum atomic E-state index is 6.01. The van der Waals surface area contributed by atoms with Crippen LogP contribution in [0.5, 0.6) is 0 Å². The zero-order chi connectivity index (χ0) is 13.8. The van der Waals surface area contributed by atoms with E-state index in [2.05, 4.69) is 50.6 Å². The Kier molecular flexibility index (Phi) is 4.79. The van der Waals surface area contributed by atoms with Crippen molar-refractivity contribution in [3.05, 3.63) is 33.6 Å². The number of hydrogen-bond donors (Lipinski definition) is 2. The van der Waals surface area contributed by atoms with Crippen LogP contribution in [0, 0.1) is 0 Å². The van der Waals surface area contributed by atoms with E-state index >= 15 is 0 Å². The molecule has 1 aromatic carbocycles. The molecule has 0 atom stereocenters. The normalized spacial score (nSPS) is 11.0. The molecule has 0 amide bonds. The third-order valence-corrected chi connectivity index (χ3v) is 3.72. The fourth-order valence-electron chi connectivity index (χ4n) is 1.38. The zero-order valence-corrected chi connectivity index (χ0v) is 12.9. The Morgan fingerprint density at radius 1 is 1.37 bits per heavy atom. The maximum Gasteiger partial charge on any atom is 0.320 e. The molecule has 7 heteroatoms. The van der Waals surface area contributed by atoms with Crippen molar-refractivity contribution in [3.8, 4) is 0 Å². The molecule has 2 rings (SSSR count). The van der Waals surface area contributed by atoms with Crippen molar-refractivity contribution < 1.29 is 4.42 Å². The van der Waals surface area contributed by atoms with Gasteiger partial charge in [0, 0.05) is 6.04 Å². The van der Waals surface area contributed by atoms with E-state index in [1.807, 2.05) is 12.1 Å². The Morgan fingerprint density at radius 3 is 2.89 bits per heavy atom. The van der Waals surface area contributed by atoms with Gasteiger partial charge in [0.05, 0.1) is 21.7 Å². The molecule has 102 valence electrons. The molecular formula is C12H14BrClN4O. The Balaban J connectivity index is 2.05. The van der Waals surface area contributed by atoms with Gasteiger partial charge in [0.15, 0.2) is 0 Å². The molecule has 0 fully saturated rings. The third-order valence-electron chi connectivity index (χ3n) is 2.32. The van der Waals surface area contributed by atoms with E-state index in [4.69, 9.17) is 16.0 Å². The zero-order valence-electron chi connectivity index (χ0n) is 10.6. The van der Waals surface area contributed by atoms with Crippen molar-refractivity contribution in [2.24, 2.45) is 0 Å². The molecule has 0 saturated carbocycles. The number of nitrogens with one attached hydrogen (secondary N) is 2. The highest BCUT2D eigenvalue weighted by Gasteiger charge is 2.09. The lowest BCUT2D eigenvalue weighted by atomic mass is 10.3. The average molecular weight is 346 g/mol. The molecule has 19 heavy (non-hydrogen) atoms. The lowest BCUT2D eigenvalue weighted by Gasteiger charge is -2.05. The molecular weight excluding hydrogens is 332 g/mol. The lowest BCUT2D eigenvalue weighted by molar-refractivity contribution is 0.460. The van der Waals surface area contributed by atoms with Gasteiger partial charge in [0.25, 0.3) is 0 Å². The van der Waals surface area contributed by atoms with E-state index in [0.29, 0.717) is 29.5 Å². The number of aromatic nitrogens is 2. The Labute approximate surface area is 124 Å². The summed E-state index contributed by atoms with van der Waals surface area (Å²) < 4.78 is 6.23. The second-order valence-corrected chi connectivity index (χ2v) is 5.46. The topological polar surface area (TPSA) is 63.0 Å². The average Bonchev–Trinajstić information content (AvgIpc) is 2.80. The Bertz CT molecular complexity index is 558. The van der Waals surface area contributed by atoms with Crippen molar-refractivity contribution in [2.45, 2.75) is 26.4 Å². The van der Waals surface area contributed by atoms with Gasteiger partial charge >= 0.3 is 6.01 Å². The summed E-state index contributed by atoms with van der Waals surface area (Å²) >= 11 is 9.40. The molecule has 0 bridgehead atoms. The predicted molar refractivity (Wildman–Crippen MR) is 78.7 cm³/mol. The molecule has 0 spiro atoms. The first-order chi connectivity index (χ1) is 9.06. The minimum absolute atomic E-state index is 0.337. The number of rotatable bonds is 5. The second-order valence-electron chi connectivity index (χ2n) is 4.26. The number of hydrogen-bond acceptors (Lipinski definition) is 5. The van der Waals surface area contributed by atoms with E-state index in [9.17, 15) is 0 Å². The maximum absolute atomic E-state index is 6.01. The standard InChI is InChI=1S/C12H14BrClN4O/c1-7(2)15-6-10-17-18-12(19-10)16-9-5-3-4-8(14)11(9)13/h3-5,7,15H,6H2,1-2H3,(H,16,18). The van der Waals surface area contributed by atoms with Gasteiger partial charge in [0.2, 0.25) is 5.89 Å². The van der Waals surface area contributed by atoms with Crippen molar-refractivity contribution in [3.63, 3.8) is 0 Å². The van der Waals surface area contributed by atoms with E-state index in [1.54, 1.807) is 6.07 Å². The third kappa shape index (κ3) is 3.92. The van der Waals surface area contributed by atoms with Crippen LogP contribution in [0.4, 0.5) is 11.7 Å². The molecule has 1 aromatic heterocycles. The molecule has 0 unspecified atom stereocenters. The van der Waals surface area contributed by atoms with Crippen LogP contribution in [0.25, 0.3) is 0 Å². The second kappa shape index (κ2) is 6.36. The monoisotopic (exact) mass is 344 g/mol. The van der Waals surface area contributed by atoms with Crippen LogP contribution in [0.2, 0.25) is 5.02 Å². The summed E-state index contributed by atoms with van der Waals surface area (Å²) in [5.41, 5.74) is 0.777. The number of halogens is 2. The van der Waals surface area contributed by atoms with Gasteiger partial charge in [-0.3, -0.25) is 0 Å². The minimum atomic E-state index is 0.337. The number of benzene rings is 1. The van der Waals surface area contributed by atoms with Gasteiger partial charge in [-0.1, -0.05) is 36.6 Å². The number of nitrogens with zero attached hydrogens (tertiary/aromatic N) is 2. The minimum Gasteiger partial charge on any atom is -0.406 e. The fourth-order valence-corrected chi connectivity index (χ4v) is 1.92. The summed E-state index contributed by atoms with van der Waals surface area (Å²) in [6.45, 7) is 4.65. The summed E-state index contributed by atoms with van der Waals surface area (Å²) in [6.07, 6.45) is 0. The summed E-state index contributed by atoms with van der Waals surface area (Å²) in [7, 11) is 0. The van der Waals surface area contributed by atoms with Gasteiger partial charge < -0.3 is 15.1 Å². The highest BCUT2D eigenvalue weighted by atomic mass is 79.9. The van der Waals surface area contributed by atoms with Crippen LogP contribution < -0.4 is 10.6 Å². The molecule has 0 saturated heterocycles. The molecule has 0 aliphatic carbocycles. The van der Waals surface area contributed by atoms with E-state index < -0.39 is 0 Å². The molecule has 0 aliphatic rings. The van der Waals surface area contributed by atoms with Crippen LogP contribution in [0.15, 0.2) is 27.1 Å². The van der Waals surface area contributed by atoms with Crippen LogP contribution in [-0.2, 0) is 6.54 Å². The summed E-state index contributed by atoms with van der Waals surface area (Å²) in [6, 6.07) is 6.20. The molecule has 1 heterocycles. The molecule has 0 aliphatic heterocycles. The van der Waals surface area contributed by atoms with Crippen LogP contribution in [0.1, 0.15) is 19.7 Å². The number of anilines is 2. The van der Waals surface area contributed by atoms with Gasteiger partial charge in [-0.15, -0.1) is 5.10 Å². The van der Waals surface area contributed by atoms with E-state index in [0.717, 1.165) is 10.2 Å². The summed E-state index contributed by atoms with van der Waals surface area (Å²) in [5, 5.41) is 14.7. The molecule has 2 N–H and O–H groups in total. The smallest absolute Gasteiger partial charge is 0.320 e.